The number of urea groups is 1. The third-order valence-corrected chi connectivity index (χ3v) is 5.55. The van der Waals surface area contributed by atoms with E-state index in [9.17, 15) is 9.59 Å². The Hall–Kier alpha value is -3.27. The predicted molar refractivity (Wildman–Crippen MR) is 105 cm³/mol. The molecule has 3 amide bonds. The SMILES string of the molecule is CN1C(=O)C[C@@H](NC(=O)Nc2ccc(-c3nncs3)cc2)[C@@H]1c1ccnn1C. The van der Waals surface area contributed by atoms with Gasteiger partial charge in [0.1, 0.15) is 10.5 Å². The van der Waals surface area contributed by atoms with Gasteiger partial charge in [-0.2, -0.15) is 5.10 Å². The Morgan fingerprint density at radius 3 is 2.64 bits per heavy atom. The van der Waals surface area contributed by atoms with Crippen molar-refractivity contribution in [1.29, 1.82) is 0 Å². The average molecular weight is 397 g/mol. The highest BCUT2D eigenvalue weighted by Gasteiger charge is 2.40. The quantitative estimate of drug-likeness (QED) is 0.701. The van der Waals surface area contributed by atoms with Gasteiger partial charge in [0.2, 0.25) is 5.91 Å². The molecule has 2 N–H and O–H groups in total. The van der Waals surface area contributed by atoms with Gasteiger partial charge < -0.3 is 15.5 Å². The van der Waals surface area contributed by atoms with Gasteiger partial charge in [-0.3, -0.25) is 9.48 Å². The number of nitrogens with zero attached hydrogens (tertiary/aromatic N) is 5. The van der Waals surface area contributed by atoms with E-state index in [1.807, 2.05) is 25.2 Å². The molecule has 4 rings (SSSR count). The molecule has 1 saturated heterocycles. The minimum atomic E-state index is -0.357. The lowest BCUT2D eigenvalue weighted by Crippen LogP contribution is -2.41. The van der Waals surface area contributed by atoms with Crippen LogP contribution in [0.15, 0.2) is 42.0 Å². The van der Waals surface area contributed by atoms with Crippen LogP contribution in [0.5, 0.6) is 0 Å². The number of aryl methyl sites for hydroxylation is 1. The summed E-state index contributed by atoms with van der Waals surface area (Å²) in [6.45, 7) is 0. The molecule has 9 nitrogen and oxygen atoms in total. The zero-order chi connectivity index (χ0) is 19.7. The van der Waals surface area contributed by atoms with Crippen LogP contribution < -0.4 is 10.6 Å². The molecule has 0 spiro atoms. The third kappa shape index (κ3) is 3.46. The Kier molecular flexibility index (Phi) is 4.78. The standard InChI is InChI=1S/C18H19N7O2S/c1-24-15(26)9-13(16(24)14-7-8-20-25(14)2)22-18(27)21-12-5-3-11(4-6-12)17-23-19-10-28-17/h3-8,10,13,16H,9H2,1-2H3,(H2,21,22,27)/t13-,16-/m1/s1. The summed E-state index contributed by atoms with van der Waals surface area (Å²) in [4.78, 5) is 26.4. The molecular weight excluding hydrogens is 378 g/mol. The topological polar surface area (TPSA) is 105 Å². The number of rotatable bonds is 4. The second kappa shape index (κ2) is 7.39. The Balaban J connectivity index is 1.44. The van der Waals surface area contributed by atoms with Crippen molar-refractivity contribution in [1.82, 2.24) is 30.2 Å². The van der Waals surface area contributed by atoms with Gasteiger partial charge in [-0.05, 0) is 30.3 Å². The van der Waals surface area contributed by atoms with Crippen LogP contribution in [0.1, 0.15) is 18.2 Å². The first-order valence-electron chi connectivity index (χ1n) is 8.70. The molecule has 0 radical (unpaired) electrons. The summed E-state index contributed by atoms with van der Waals surface area (Å²) in [7, 11) is 3.56. The molecule has 0 bridgehead atoms. The van der Waals surface area contributed by atoms with Crippen LogP contribution in [0, 0.1) is 0 Å². The van der Waals surface area contributed by atoms with Crippen LogP contribution in [-0.4, -0.2) is 49.9 Å². The second-order valence-corrected chi connectivity index (χ2v) is 7.39. The minimum absolute atomic E-state index is 0.0158. The summed E-state index contributed by atoms with van der Waals surface area (Å²) in [6, 6.07) is 8.27. The molecule has 2 aromatic heterocycles. The van der Waals surface area contributed by atoms with Crippen molar-refractivity contribution in [2.24, 2.45) is 7.05 Å². The monoisotopic (exact) mass is 397 g/mol. The summed E-state index contributed by atoms with van der Waals surface area (Å²) < 4.78 is 1.72. The van der Waals surface area contributed by atoms with Crippen molar-refractivity contribution in [2.45, 2.75) is 18.5 Å². The van der Waals surface area contributed by atoms with Crippen molar-refractivity contribution < 1.29 is 9.59 Å². The predicted octanol–water partition coefficient (Wildman–Crippen LogP) is 2.03. The lowest BCUT2D eigenvalue weighted by atomic mass is 10.1. The van der Waals surface area contributed by atoms with Gasteiger partial charge in [0.25, 0.3) is 0 Å². The molecule has 2 atom stereocenters. The van der Waals surface area contributed by atoms with Gasteiger partial charge in [0.15, 0.2) is 0 Å². The molecule has 0 saturated carbocycles. The summed E-state index contributed by atoms with van der Waals surface area (Å²) in [5, 5.41) is 18.6. The molecule has 0 unspecified atom stereocenters. The summed E-state index contributed by atoms with van der Waals surface area (Å²) in [6.07, 6.45) is 1.93. The highest BCUT2D eigenvalue weighted by atomic mass is 32.1. The van der Waals surface area contributed by atoms with Crippen LogP contribution in [0.2, 0.25) is 0 Å². The lowest BCUT2D eigenvalue weighted by molar-refractivity contribution is -0.127. The maximum absolute atomic E-state index is 12.5. The molecular formula is C18H19N7O2S. The number of anilines is 1. The number of likely N-dealkylation sites (N-methyl/N-ethyl adjacent to an activating group) is 1. The molecule has 3 aromatic rings. The van der Waals surface area contributed by atoms with E-state index in [2.05, 4.69) is 25.9 Å². The molecule has 1 aliphatic heterocycles. The van der Waals surface area contributed by atoms with Crippen LogP contribution in [-0.2, 0) is 11.8 Å². The number of benzene rings is 1. The number of amides is 3. The highest BCUT2D eigenvalue weighted by molar-refractivity contribution is 7.12. The molecule has 28 heavy (non-hydrogen) atoms. The van der Waals surface area contributed by atoms with Crippen molar-refractivity contribution in [3.05, 3.63) is 47.7 Å². The number of carbonyl (C=O) groups excluding carboxylic acids is 2. The molecule has 10 heteroatoms. The van der Waals surface area contributed by atoms with Gasteiger partial charge in [-0.1, -0.05) is 11.3 Å². The minimum Gasteiger partial charge on any atom is -0.335 e. The first-order chi connectivity index (χ1) is 13.5. The summed E-state index contributed by atoms with van der Waals surface area (Å²) >= 11 is 1.45. The van der Waals surface area contributed by atoms with Crippen LogP contribution in [0.3, 0.4) is 0 Å². The van der Waals surface area contributed by atoms with E-state index in [1.54, 1.807) is 40.5 Å². The van der Waals surface area contributed by atoms with Gasteiger partial charge in [0.05, 0.1) is 17.8 Å². The Labute approximate surface area is 165 Å². The maximum Gasteiger partial charge on any atom is 0.319 e. The van der Waals surface area contributed by atoms with E-state index in [1.165, 1.54) is 11.3 Å². The number of carbonyl (C=O) groups is 2. The number of hydrogen-bond acceptors (Lipinski definition) is 6. The molecule has 1 aromatic carbocycles. The van der Waals surface area contributed by atoms with Gasteiger partial charge in [0, 0.05) is 38.0 Å². The van der Waals surface area contributed by atoms with Crippen molar-refractivity contribution in [3.63, 3.8) is 0 Å². The van der Waals surface area contributed by atoms with E-state index in [4.69, 9.17) is 0 Å². The Morgan fingerprint density at radius 1 is 1.21 bits per heavy atom. The zero-order valence-corrected chi connectivity index (χ0v) is 16.2. The van der Waals surface area contributed by atoms with E-state index in [-0.39, 0.29) is 30.4 Å². The van der Waals surface area contributed by atoms with Crippen molar-refractivity contribution >= 4 is 29.0 Å². The molecule has 1 aliphatic rings. The summed E-state index contributed by atoms with van der Waals surface area (Å²) in [5.41, 5.74) is 4.14. The zero-order valence-electron chi connectivity index (χ0n) is 15.4. The van der Waals surface area contributed by atoms with Crippen LogP contribution in [0.4, 0.5) is 10.5 Å². The third-order valence-electron chi connectivity index (χ3n) is 4.81. The van der Waals surface area contributed by atoms with Gasteiger partial charge in [-0.25, -0.2) is 4.79 Å². The van der Waals surface area contributed by atoms with Crippen LogP contribution >= 0.6 is 11.3 Å². The van der Waals surface area contributed by atoms with Crippen molar-refractivity contribution in [3.8, 4) is 10.6 Å². The van der Waals surface area contributed by atoms with Gasteiger partial charge >= 0.3 is 6.03 Å². The normalized spacial score (nSPS) is 19.1. The fraction of sp³-hybridized carbons (Fsp3) is 0.278. The smallest absolute Gasteiger partial charge is 0.319 e. The van der Waals surface area contributed by atoms with E-state index >= 15 is 0 Å². The largest absolute Gasteiger partial charge is 0.335 e. The average Bonchev–Trinajstić information content (AvgIpc) is 3.39. The van der Waals surface area contributed by atoms with Crippen molar-refractivity contribution in [2.75, 3.05) is 12.4 Å². The summed E-state index contributed by atoms with van der Waals surface area (Å²) in [5.74, 6) is -0.0158. The van der Waals surface area contributed by atoms with E-state index < -0.39 is 0 Å². The van der Waals surface area contributed by atoms with E-state index in [0.717, 1.165) is 16.3 Å². The Bertz CT molecular complexity index is 984. The maximum atomic E-state index is 12.5. The molecule has 0 aliphatic carbocycles. The molecule has 3 heterocycles. The number of nitrogens with one attached hydrogen (secondary N) is 2. The lowest BCUT2D eigenvalue weighted by Gasteiger charge is -2.25. The Morgan fingerprint density at radius 2 is 2.00 bits per heavy atom. The number of hydrogen-bond donors (Lipinski definition) is 2. The molecule has 1 fully saturated rings. The first kappa shape index (κ1) is 18.1. The second-order valence-electron chi connectivity index (χ2n) is 6.56. The number of likely N-dealkylation sites (tertiary alicyclic amines) is 1. The fourth-order valence-electron chi connectivity index (χ4n) is 3.41. The van der Waals surface area contributed by atoms with Gasteiger partial charge in [-0.15, -0.1) is 10.2 Å². The van der Waals surface area contributed by atoms with E-state index in [0.29, 0.717) is 5.69 Å². The van der Waals surface area contributed by atoms with Crippen LogP contribution in [0.25, 0.3) is 10.6 Å². The first-order valence-corrected chi connectivity index (χ1v) is 9.58. The number of aromatic nitrogens is 4. The highest BCUT2D eigenvalue weighted by Crippen LogP contribution is 2.31. The molecule has 144 valence electrons. The fourth-order valence-corrected chi connectivity index (χ4v) is 3.97.